The molecule has 0 unspecified atom stereocenters. The van der Waals surface area contributed by atoms with E-state index in [1.54, 1.807) is 24.3 Å². The summed E-state index contributed by atoms with van der Waals surface area (Å²) >= 11 is 0.588. The summed E-state index contributed by atoms with van der Waals surface area (Å²) in [6.45, 7) is 3.15. The van der Waals surface area contributed by atoms with Crippen molar-refractivity contribution in [1.82, 2.24) is 4.90 Å². The van der Waals surface area contributed by atoms with Gasteiger partial charge >= 0.3 is 10.7 Å². The normalized spacial score (nSPS) is 12.1. The molecule has 2 heterocycles. The number of carbonyl (C=O) groups is 2. The largest absolute Gasteiger partial charge is 0.399 e. The Balaban J connectivity index is 0.000000253. The van der Waals surface area contributed by atoms with E-state index in [1.165, 1.54) is 4.90 Å². The quantitative estimate of drug-likeness (QED) is 0.206. The van der Waals surface area contributed by atoms with Crippen LogP contribution in [0.3, 0.4) is 0 Å². The molecule has 2 aromatic carbocycles. The lowest BCUT2D eigenvalue weighted by Crippen LogP contribution is -2.32. The third kappa shape index (κ3) is 5.58. The summed E-state index contributed by atoms with van der Waals surface area (Å²) in [5.41, 5.74) is 14.5. The van der Waals surface area contributed by atoms with Gasteiger partial charge in [0, 0.05) is 31.5 Å². The van der Waals surface area contributed by atoms with Crippen LogP contribution >= 0.6 is 11.3 Å². The summed E-state index contributed by atoms with van der Waals surface area (Å²) in [6, 6.07) is 13.7. The van der Waals surface area contributed by atoms with Gasteiger partial charge in [-0.05, 0) is 60.6 Å². The van der Waals surface area contributed by atoms with Gasteiger partial charge in [0.15, 0.2) is 5.00 Å². The predicted octanol–water partition coefficient (Wildman–Crippen LogP) is 3.85. The first-order valence-corrected chi connectivity index (χ1v) is 11.5. The molecule has 0 saturated heterocycles. The van der Waals surface area contributed by atoms with Gasteiger partial charge in [0.05, 0.1) is 21.0 Å². The minimum absolute atomic E-state index is 0.147. The van der Waals surface area contributed by atoms with Gasteiger partial charge in [0.1, 0.15) is 6.07 Å². The van der Waals surface area contributed by atoms with Crippen LogP contribution in [0.1, 0.15) is 32.7 Å². The van der Waals surface area contributed by atoms with Crippen LogP contribution in [0.15, 0.2) is 48.5 Å². The Labute approximate surface area is 210 Å². The van der Waals surface area contributed by atoms with Crippen molar-refractivity contribution in [3.63, 3.8) is 0 Å². The van der Waals surface area contributed by atoms with Crippen molar-refractivity contribution in [2.24, 2.45) is 0 Å². The number of thiophene rings is 1. The van der Waals surface area contributed by atoms with Crippen molar-refractivity contribution in [2.75, 3.05) is 36.5 Å². The lowest BCUT2D eigenvalue weighted by molar-refractivity contribution is -0.389. The van der Waals surface area contributed by atoms with Crippen LogP contribution in [0, 0.1) is 27.2 Å². The van der Waals surface area contributed by atoms with E-state index in [9.17, 15) is 29.8 Å². The van der Waals surface area contributed by atoms with Crippen molar-refractivity contribution in [1.29, 1.82) is 0 Å². The number of nitrogens with two attached hydrogens (primary N) is 2. The van der Waals surface area contributed by atoms with E-state index >= 15 is 0 Å². The molecule has 0 fully saturated rings. The van der Waals surface area contributed by atoms with E-state index in [0.717, 1.165) is 29.5 Å². The Morgan fingerprint density at radius 3 is 2.06 bits per heavy atom. The second kappa shape index (κ2) is 10.8. The number of anilines is 3. The maximum Gasteiger partial charge on any atom is 0.333 e. The van der Waals surface area contributed by atoms with E-state index < -0.39 is 15.5 Å². The summed E-state index contributed by atoms with van der Waals surface area (Å²) in [5, 5.41) is 19.8. The van der Waals surface area contributed by atoms with E-state index in [0.29, 0.717) is 35.4 Å². The number of nitro groups is 2. The molecule has 13 heteroatoms. The lowest BCUT2D eigenvalue weighted by Gasteiger charge is -2.22. The fourth-order valence-electron chi connectivity index (χ4n) is 3.55. The van der Waals surface area contributed by atoms with Gasteiger partial charge in [-0.3, -0.25) is 34.7 Å². The van der Waals surface area contributed by atoms with Crippen LogP contribution in [0.5, 0.6) is 0 Å². The van der Waals surface area contributed by atoms with Gasteiger partial charge in [0.2, 0.25) is 0 Å². The average Bonchev–Trinajstić information content (AvgIpc) is 3.35. The molecule has 3 aromatic rings. The van der Waals surface area contributed by atoms with E-state index in [2.05, 4.69) is 4.90 Å². The molecule has 0 bridgehead atoms. The Bertz CT molecular complexity index is 1310. The zero-order valence-electron chi connectivity index (χ0n) is 19.5. The molecule has 0 spiro atoms. The summed E-state index contributed by atoms with van der Waals surface area (Å²) in [6.07, 6.45) is 0.714. The van der Waals surface area contributed by atoms with Crippen molar-refractivity contribution in [3.8, 4) is 0 Å². The Kier molecular flexibility index (Phi) is 7.84. The third-order valence-corrected chi connectivity index (χ3v) is 6.46. The SMILES string of the molecule is Cc1cc(N(C)CCCN2C(=O)c3ccccc3C2=O)ccc1N.Nc1sc([N+](=O)[O-])cc1[N+](=O)[O-]. The molecule has 36 heavy (non-hydrogen) atoms. The molecule has 0 saturated carbocycles. The number of hydrogen-bond acceptors (Lipinski definition) is 10. The molecule has 0 atom stereocenters. The molecular formula is C23H24N6O6S. The summed E-state index contributed by atoms with van der Waals surface area (Å²) in [7, 11) is 1.99. The van der Waals surface area contributed by atoms with Crippen molar-refractivity contribution in [3.05, 3.63) is 85.4 Å². The molecule has 188 valence electrons. The number of aryl methyl sites for hydroxylation is 1. The molecule has 0 aliphatic carbocycles. The fourth-order valence-corrected chi connectivity index (χ4v) is 4.26. The maximum atomic E-state index is 12.3. The Hall–Kier alpha value is -4.52. The highest BCUT2D eigenvalue weighted by Gasteiger charge is 2.34. The molecule has 4 rings (SSSR count). The highest BCUT2D eigenvalue weighted by Crippen LogP contribution is 2.36. The molecule has 1 aromatic heterocycles. The van der Waals surface area contributed by atoms with Gasteiger partial charge in [-0.25, -0.2) is 0 Å². The first-order chi connectivity index (χ1) is 17.0. The maximum absolute atomic E-state index is 12.3. The molecule has 1 aliphatic heterocycles. The molecule has 0 radical (unpaired) electrons. The van der Waals surface area contributed by atoms with Gasteiger partial charge < -0.3 is 16.4 Å². The van der Waals surface area contributed by atoms with Crippen LogP contribution < -0.4 is 16.4 Å². The second-order valence-electron chi connectivity index (χ2n) is 7.97. The number of carbonyl (C=O) groups excluding carboxylic acids is 2. The fraction of sp³-hybridized carbons (Fsp3) is 0.217. The number of nitrogens with zero attached hydrogens (tertiary/aromatic N) is 4. The smallest absolute Gasteiger partial charge is 0.333 e. The van der Waals surface area contributed by atoms with Crippen LogP contribution in [0.2, 0.25) is 0 Å². The Morgan fingerprint density at radius 1 is 0.972 bits per heavy atom. The Morgan fingerprint density at radius 2 is 1.58 bits per heavy atom. The highest BCUT2D eigenvalue weighted by molar-refractivity contribution is 7.19. The zero-order valence-corrected chi connectivity index (χ0v) is 20.4. The number of amides is 2. The molecule has 1 aliphatic rings. The number of hydrogen-bond donors (Lipinski definition) is 2. The van der Waals surface area contributed by atoms with Gasteiger partial charge in [-0.2, -0.15) is 0 Å². The van der Waals surface area contributed by atoms with Gasteiger partial charge in [-0.1, -0.05) is 12.1 Å². The summed E-state index contributed by atoms with van der Waals surface area (Å²) < 4.78 is 0. The second-order valence-corrected chi connectivity index (χ2v) is 9.03. The van der Waals surface area contributed by atoms with Crippen LogP contribution in [-0.4, -0.2) is 46.7 Å². The number of fused-ring (bicyclic) bond motifs is 1. The standard InChI is InChI=1S/C19H21N3O2.C4H3N3O4S/c1-13-12-14(8-9-17(13)20)21(2)10-5-11-22-18(23)15-6-3-4-7-16(15)19(22)24;5-4-2(6(8)9)1-3(12-4)7(10)11/h3-4,6-9,12H,5,10-11,20H2,1-2H3;1H,5H2. The predicted molar refractivity (Wildman–Crippen MR) is 137 cm³/mol. The van der Waals surface area contributed by atoms with Crippen molar-refractivity contribution in [2.45, 2.75) is 13.3 Å². The van der Waals surface area contributed by atoms with Crippen LogP contribution in [-0.2, 0) is 0 Å². The first-order valence-electron chi connectivity index (χ1n) is 10.7. The summed E-state index contributed by atoms with van der Waals surface area (Å²) in [5.74, 6) is -0.386. The first kappa shape index (κ1) is 26.1. The van der Waals surface area contributed by atoms with Crippen molar-refractivity contribution < 1.29 is 19.4 Å². The minimum Gasteiger partial charge on any atom is -0.399 e. The zero-order chi connectivity index (χ0) is 26.6. The van der Waals surface area contributed by atoms with Crippen LogP contribution in [0.4, 0.5) is 27.1 Å². The lowest BCUT2D eigenvalue weighted by atomic mass is 10.1. The third-order valence-electron chi connectivity index (χ3n) is 5.55. The number of rotatable bonds is 7. The topological polar surface area (TPSA) is 179 Å². The van der Waals surface area contributed by atoms with E-state index in [1.807, 2.05) is 32.2 Å². The highest BCUT2D eigenvalue weighted by atomic mass is 32.1. The minimum atomic E-state index is -0.751. The van der Waals surface area contributed by atoms with Gasteiger partial charge in [0.25, 0.3) is 11.8 Å². The molecule has 2 amide bonds. The average molecular weight is 513 g/mol. The van der Waals surface area contributed by atoms with Gasteiger partial charge in [-0.15, -0.1) is 0 Å². The van der Waals surface area contributed by atoms with Crippen molar-refractivity contribution >= 4 is 50.2 Å². The van der Waals surface area contributed by atoms with E-state index in [4.69, 9.17) is 11.5 Å². The molecule has 12 nitrogen and oxygen atoms in total. The molecule has 4 N–H and O–H groups in total. The number of nitrogen functional groups attached to an aromatic ring is 2. The number of benzene rings is 2. The monoisotopic (exact) mass is 512 g/mol. The van der Waals surface area contributed by atoms with E-state index in [-0.39, 0.29) is 21.8 Å². The molecular weight excluding hydrogens is 488 g/mol. The number of imide groups is 1. The summed E-state index contributed by atoms with van der Waals surface area (Å²) in [4.78, 5) is 46.9. The van der Waals surface area contributed by atoms with Crippen LogP contribution in [0.25, 0.3) is 0 Å².